The van der Waals surface area contributed by atoms with E-state index >= 15 is 0 Å². The van der Waals surface area contributed by atoms with Crippen molar-refractivity contribution in [1.29, 1.82) is 0 Å². The maximum atomic E-state index is 12.4. The lowest BCUT2D eigenvalue weighted by atomic mass is 10.1. The zero-order chi connectivity index (χ0) is 17.8. The number of carboxylic acid groups (broad SMARTS) is 1. The average molecular weight is 348 g/mol. The van der Waals surface area contributed by atoms with Gasteiger partial charge < -0.3 is 15.3 Å². The summed E-state index contributed by atoms with van der Waals surface area (Å²) in [5.41, 5.74) is 0. The molecule has 1 aromatic rings. The average Bonchev–Trinajstić information content (AvgIpc) is 3.04. The van der Waals surface area contributed by atoms with Crippen LogP contribution in [0.3, 0.4) is 0 Å². The summed E-state index contributed by atoms with van der Waals surface area (Å²) in [6.45, 7) is 0.207. The number of carbonyl (C=O) groups excluding carboxylic acids is 2. The zero-order valence-corrected chi connectivity index (χ0v) is 14.2. The molecular formula is C17H24N4O4. The van der Waals surface area contributed by atoms with Crippen LogP contribution in [0.4, 0.5) is 5.82 Å². The molecule has 25 heavy (non-hydrogen) atoms. The SMILES string of the molecule is O=C(O)Cn1ccc(NC(=O)[C@H]2CC(=O)N(C3CCCCCC3)C2)n1. The number of rotatable bonds is 5. The van der Waals surface area contributed by atoms with Gasteiger partial charge in [0, 0.05) is 31.3 Å². The molecule has 2 N–H and O–H groups in total. The van der Waals surface area contributed by atoms with Gasteiger partial charge in [-0.15, -0.1) is 0 Å². The van der Waals surface area contributed by atoms with Gasteiger partial charge in [0.25, 0.3) is 0 Å². The second-order valence-corrected chi connectivity index (χ2v) is 6.87. The van der Waals surface area contributed by atoms with Gasteiger partial charge in [0.1, 0.15) is 6.54 Å². The van der Waals surface area contributed by atoms with Crippen molar-refractivity contribution in [3.05, 3.63) is 12.3 Å². The Morgan fingerprint density at radius 3 is 2.64 bits per heavy atom. The Bertz CT molecular complexity index is 649. The van der Waals surface area contributed by atoms with Crippen LogP contribution in [0.15, 0.2) is 12.3 Å². The predicted molar refractivity (Wildman–Crippen MR) is 89.8 cm³/mol. The number of nitrogens with one attached hydrogen (secondary N) is 1. The van der Waals surface area contributed by atoms with Crippen molar-refractivity contribution >= 4 is 23.6 Å². The minimum absolute atomic E-state index is 0.0588. The molecule has 2 fully saturated rings. The Balaban J connectivity index is 1.56. The van der Waals surface area contributed by atoms with E-state index in [1.165, 1.54) is 23.7 Å². The van der Waals surface area contributed by atoms with E-state index in [1.54, 1.807) is 6.07 Å². The lowest BCUT2D eigenvalue weighted by Gasteiger charge is -2.27. The molecule has 1 aliphatic heterocycles. The van der Waals surface area contributed by atoms with Crippen LogP contribution in [0.25, 0.3) is 0 Å². The first kappa shape index (κ1) is 17.4. The van der Waals surface area contributed by atoms with Crippen molar-refractivity contribution in [3.63, 3.8) is 0 Å². The molecule has 2 heterocycles. The lowest BCUT2D eigenvalue weighted by Crippen LogP contribution is -2.37. The second kappa shape index (κ2) is 7.67. The quantitative estimate of drug-likeness (QED) is 0.784. The Morgan fingerprint density at radius 1 is 1.24 bits per heavy atom. The monoisotopic (exact) mass is 348 g/mol. The highest BCUT2D eigenvalue weighted by atomic mass is 16.4. The molecule has 136 valence electrons. The minimum Gasteiger partial charge on any atom is -0.480 e. The summed E-state index contributed by atoms with van der Waals surface area (Å²) < 4.78 is 1.25. The van der Waals surface area contributed by atoms with Crippen molar-refractivity contribution in [1.82, 2.24) is 14.7 Å². The zero-order valence-electron chi connectivity index (χ0n) is 14.2. The molecular weight excluding hydrogens is 324 g/mol. The first-order valence-corrected chi connectivity index (χ1v) is 8.88. The molecule has 0 unspecified atom stereocenters. The van der Waals surface area contributed by atoms with Crippen molar-refractivity contribution in [2.75, 3.05) is 11.9 Å². The Labute approximate surface area is 146 Å². The molecule has 1 saturated carbocycles. The van der Waals surface area contributed by atoms with Crippen molar-refractivity contribution in [2.24, 2.45) is 5.92 Å². The van der Waals surface area contributed by atoms with Crippen LogP contribution in [-0.2, 0) is 20.9 Å². The Hall–Kier alpha value is -2.38. The number of aromatic nitrogens is 2. The molecule has 2 amide bonds. The third-order valence-electron chi connectivity index (χ3n) is 4.98. The highest BCUT2D eigenvalue weighted by molar-refractivity contribution is 5.96. The molecule has 8 nitrogen and oxygen atoms in total. The van der Waals surface area contributed by atoms with E-state index in [9.17, 15) is 14.4 Å². The van der Waals surface area contributed by atoms with Gasteiger partial charge in [-0.3, -0.25) is 19.1 Å². The fourth-order valence-electron chi connectivity index (χ4n) is 3.71. The number of nitrogens with zero attached hydrogens (tertiary/aromatic N) is 3. The highest BCUT2D eigenvalue weighted by Gasteiger charge is 2.38. The summed E-state index contributed by atoms with van der Waals surface area (Å²) in [5, 5.41) is 15.4. The number of likely N-dealkylation sites (tertiary alicyclic amines) is 1. The summed E-state index contributed by atoms with van der Waals surface area (Å²) in [5.74, 6) is -1.23. The Morgan fingerprint density at radius 2 is 1.96 bits per heavy atom. The molecule has 3 rings (SSSR count). The van der Waals surface area contributed by atoms with Gasteiger partial charge in [-0.1, -0.05) is 25.7 Å². The van der Waals surface area contributed by atoms with Crippen LogP contribution >= 0.6 is 0 Å². The van der Waals surface area contributed by atoms with Crippen LogP contribution < -0.4 is 5.32 Å². The number of hydrogen-bond acceptors (Lipinski definition) is 4. The smallest absolute Gasteiger partial charge is 0.325 e. The first-order valence-electron chi connectivity index (χ1n) is 8.88. The predicted octanol–water partition coefficient (Wildman–Crippen LogP) is 1.48. The molecule has 1 aromatic heterocycles. The van der Waals surface area contributed by atoms with Crippen molar-refractivity contribution < 1.29 is 19.5 Å². The maximum Gasteiger partial charge on any atom is 0.325 e. The van der Waals surface area contributed by atoms with E-state index in [2.05, 4.69) is 10.4 Å². The standard InChI is InChI=1S/C17H24N4O4/c22-15-9-12(10-21(15)13-5-3-1-2-4-6-13)17(25)18-14-7-8-20(19-14)11-16(23)24/h7-8,12-13H,1-6,9-11H2,(H,23,24)(H,18,19,25)/t12-/m0/s1. The molecule has 2 aliphatic rings. The van der Waals surface area contributed by atoms with Crippen molar-refractivity contribution in [2.45, 2.75) is 57.5 Å². The number of carbonyl (C=O) groups is 3. The third kappa shape index (κ3) is 4.37. The lowest BCUT2D eigenvalue weighted by molar-refractivity contribution is -0.138. The molecule has 1 atom stereocenters. The van der Waals surface area contributed by atoms with Crippen LogP contribution in [0, 0.1) is 5.92 Å². The van der Waals surface area contributed by atoms with Gasteiger partial charge in [0.15, 0.2) is 5.82 Å². The van der Waals surface area contributed by atoms with Gasteiger partial charge in [0.05, 0.1) is 5.92 Å². The number of amides is 2. The fraction of sp³-hybridized carbons (Fsp3) is 0.647. The van der Waals surface area contributed by atoms with Gasteiger partial charge in [-0.25, -0.2) is 0 Å². The van der Waals surface area contributed by atoms with Crippen LogP contribution in [0.5, 0.6) is 0 Å². The summed E-state index contributed by atoms with van der Waals surface area (Å²) >= 11 is 0. The number of aliphatic carboxylic acids is 1. The van der Waals surface area contributed by atoms with Crippen molar-refractivity contribution in [3.8, 4) is 0 Å². The first-order chi connectivity index (χ1) is 12.0. The molecule has 0 radical (unpaired) electrons. The van der Waals surface area contributed by atoms with E-state index in [0.717, 1.165) is 25.7 Å². The minimum atomic E-state index is -0.999. The fourth-order valence-corrected chi connectivity index (χ4v) is 3.71. The van der Waals surface area contributed by atoms with Gasteiger partial charge in [0.2, 0.25) is 11.8 Å². The molecule has 0 spiro atoms. The van der Waals surface area contributed by atoms with E-state index in [-0.39, 0.29) is 36.7 Å². The highest BCUT2D eigenvalue weighted by Crippen LogP contribution is 2.28. The number of carboxylic acids is 1. The summed E-state index contributed by atoms with van der Waals surface area (Å²) in [6, 6.07) is 1.82. The normalized spacial score (nSPS) is 22.0. The molecule has 0 bridgehead atoms. The van der Waals surface area contributed by atoms with E-state index < -0.39 is 5.97 Å². The largest absolute Gasteiger partial charge is 0.480 e. The van der Waals surface area contributed by atoms with Crippen LogP contribution in [0.2, 0.25) is 0 Å². The molecule has 8 heteroatoms. The molecule has 1 aliphatic carbocycles. The summed E-state index contributed by atoms with van der Waals surface area (Å²) in [6.07, 6.45) is 8.53. The second-order valence-electron chi connectivity index (χ2n) is 6.87. The van der Waals surface area contributed by atoms with Crippen LogP contribution in [-0.4, -0.2) is 50.2 Å². The molecule has 0 aromatic carbocycles. The van der Waals surface area contributed by atoms with Gasteiger partial charge in [-0.2, -0.15) is 5.10 Å². The third-order valence-corrected chi connectivity index (χ3v) is 4.98. The van der Waals surface area contributed by atoms with Gasteiger partial charge >= 0.3 is 5.97 Å². The van der Waals surface area contributed by atoms with Gasteiger partial charge in [-0.05, 0) is 12.8 Å². The molecule has 1 saturated heterocycles. The van der Waals surface area contributed by atoms with E-state index in [1.807, 2.05) is 4.90 Å². The Kier molecular flexibility index (Phi) is 5.35. The summed E-state index contributed by atoms with van der Waals surface area (Å²) in [7, 11) is 0. The number of anilines is 1. The topological polar surface area (TPSA) is 105 Å². The number of hydrogen-bond donors (Lipinski definition) is 2. The summed E-state index contributed by atoms with van der Waals surface area (Å²) in [4.78, 5) is 37.3. The van der Waals surface area contributed by atoms with E-state index in [4.69, 9.17) is 5.11 Å². The maximum absolute atomic E-state index is 12.4. The van der Waals surface area contributed by atoms with Crippen LogP contribution in [0.1, 0.15) is 44.9 Å². The van der Waals surface area contributed by atoms with E-state index in [0.29, 0.717) is 12.4 Å².